The van der Waals surface area contributed by atoms with E-state index >= 15 is 0 Å². The normalized spacial score (nSPS) is 13.0. The van der Waals surface area contributed by atoms with Crippen LogP contribution < -0.4 is 9.61 Å². The Balaban J connectivity index is 2.46. The van der Waals surface area contributed by atoms with Crippen molar-refractivity contribution in [3.05, 3.63) is 29.8 Å². The van der Waals surface area contributed by atoms with Gasteiger partial charge in [0.15, 0.2) is 5.75 Å². The first-order valence-electron chi connectivity index (χ1n) is 6.07. The molecule has 2 atom stereocenters. The van der Waals surface area contributed by atoms with Gasteiger partial charge in [-0.1, -0.05) is 22.8 Å². The maximum Gasteiger partial charge on any atom is 0.664 e. The van der Waals surface area contributed by atoms with E-state index in [1.165, 1.54) is 0 Å². The summed E-state index contributed by atoms with van der Waals surface area (Å²) in [4.78, 5) is 11.5. The zero-order valence-electron chi connectivity index (χ0n) is 11.5. The van der Waals surface area contributed by atoms with Crippen molar-refractivity contribution < 1.29 is 18.6 Å². The molecule has 1 aromatic rings. The molecular formula is C13H19NO4P+. The Labute approximate surface area is 114 Å². The standard InChI is InChI=1S/C13H19NO4P/c1-9(2)17-13(15)11(4)14-19(16)18-12-7-5-10(3)6-8-12/h5-9,11H,1-4H3,(H,14,16)/q+1/t11-/m0/s1. The number of hydrogen-bond acceptors (Lipinski definition) is 4. The molecule has 0 saturated heterocycles. The number of nitrogens with one attached hydrogen (secondary N) is 1. The van der Waals surface area contributed by atoms with Gasteiger partial charge in [-0.2, -0.15) is 0 Å². The highest BCUT2D eigenvalue weighted by Gasteiger charge is 2.28. The summed E-state index contributed by atoms with van der Waals surface area (Å²) >= 11 is 0. The van der Waals surface area contributed by atoms with Gasteiger partial charge in [0.05, 0.1) is 6.10 Å². The number of esters is 1. The van der Waals surface area contributed by atoms with E-state index in [-0.39, 0.29) is 6.10 Å². The Hall–Kier alpha value is -1.45. The number of ether oxygens (including phenoxy) is 1. The first-order chi connectivity index (χ1) is 8.88. The molecule has 1 aromatic carbocycles. The van der Waals surface area contributed by atoms with Crippen molar-refractivity contribution in [3.8, 4) is 5.75 Å². The number of hydrogen-bond donors (Lipinski definition) is 1. The highest BCUT2D eigenvalue weighted by Crippen LogP contribution is 2.24. The minimum Gasteiger partial charge on any atom is -0.462 e. The third-order valence-corrected chi connectivity index (χ3v) is 3.19. The van der Waals surface area contributed by atoms with Gasteiger partial charge in [-0.15, -0.1) is 0 Å². The second-order valence-corrected chi connectivity index (χ2v) is 5.45. The summed E-state index contributed by atoms with van der Waals surface area (Å²) in [5, 5.41) is 2.56. The number of aryl methyl sites for hydroxylation is 1. The molecular weight excluding hydrogens is 265 g/mol. The molecule has 0 aliphatic rings. The van der Waals surface area contributed by atoms with Crippen molar-refractivity contribution in [1.29, 1.82) is 0 Å². The molecule has 1 N–H and O–H groups in total. The van der Waals surface area contributed by atoms with Crippen molar-refractivity contribution in [2.75, 3.05) is 0 Å². The highest BCUT2D eigenvalue weighted by molar-refractivity contribution is 7.37. The molecule has 0 saturated carbocycles. The van der Waals surface area contributed by atoms with Crippen LogP contribution in [0.15, 0.2) is 24.3 Å². The maximum atomic E-state index is 11.7. The molecule has 5 nitrogen and oxygen atoms in total. The molecule has 0 aromatic heterocycles. The molecule has 0 radical (unpaired) electrons. The van der Waals surface area contributed by atoms with E-state index in [4.69, 9.17) is 9.26 Å². The van der Waals surface area contributed by atoms with Crippen molar-refractivity contribution >= 4 is 14.1 Å². The molecule has 19 heavy (non-hydrogen) atoms. The lowest BCUT2D eigenvalue weighted by atomic mass is 10.2. The molecule has 0 aliphatic heterocycles. The van der Waals surface area contributed by atoms with E-state index in [9.17, 15) is 9.36 Å². The van der Waals surface area contributed by atoms with Gasteiger partial charge in [-0.05, 0) is 39.8 Å². The van der Waals surface area contributed by atoms with Gasteiger partial charge >= 0.3 is 14.1 Å². The van der Waals surface area contributed by atoms with Gasteiger partial charge < -0.3 is 4.74 Å². The first-order valence-corrected chi connectivity index (χ1v) is 7.25. The summed E-state index contributed by atoms with van der Waals surface area (Å²) in [5.74, 6) is 0.0366. The van der Waals surface area contributed by atoms with Gasteiger partial charge in [0.25, 0.3) is 0 Å². The molecule has 0 bridgehead atoms. The monoisotopic (exact) mass is 284 g/mol. The topological polar surface area (TPSA) is 64.6 Å². The van der Waals surface area contributed by atoms with Gasteiger partial charge in [-0.25, -0.2) is 4.52 Å². The minimum absolute atomic E-state index is 0.201. The Morgan fingerprint density at radius 3 is 2.32 bits per heavy atom. The van der Waals surface area contributed by atoms with Gasteiger partial charge in [0.1, 0.15) is 6.04 Å². The van der Waals surface area contributed by atoms with Crippen LogP contribution in [0.5, 0.6) is 5.75 Å². The van der Waals surface area contributed by atoms with Crippen LogP contribution in [0, 0.1) is 6.92 Å². The van der Waals surface area contributed by atoms with E-state index in [2.05, 4.69) is 5.09 Å². The van der Waals surface area contributed by atoms with Crippen molar-refractivity contribution in [3.63, 3.8) is 0 Å². The Morgan fingerprint density at radius 2 is 1.79 bits per heavy atom. The smallest absolute Gasteiger partial charge is 0.462 e. The largest absolute Gasteiger partial charge is 0.664 e. The molecule has 0 fully saturated rings. The Morgan fingerprint density at radius 1 is 1.21 bits per heavy atom. The summed E-state index contributed by atoms with van der Waals surface area (Å²) < 4.78 is 21.9. The lowest BCUT2D eigenvalue weighted by Crippen LogP contribution is -2.33. The van der Waals surface area contributed by atoms with Crippen molar-refractivity contribution in [1.82, 2.24) is 5.09 Å². The average Bonchev–Trinajstić information content (AvgIpc) is 2.31. The van der Waals surface area contributed by atoms with E-state index < -0.39 is 20.2 Å². The van der Waals surface area contributed by atoms with Gasteiger partial charge in [0.2, 0.25) is 0 Å². The molecule has 0 spiro atoms. The lowest BCUT2D eigenvalue weighted by Gasteiger charge is -2.10. The summed E-state index contributed by atoms with van der Waals surface area (Å²) in [6.07, 6.45) is -0.201. The third-order valence-electron chi connectivity index (χ3n) is 2.21. The van der Waals surface area contributed by atoms with E-state index in [1.54, 1.807) is 32.9 Å². The fourth-order valence-electron chi connectivity index (χ4n) is 1.27. The fraction of sp³-hybridized carbons (Fsp3) is 0.462. The summed E-state index contributed by atoms with van der Waals surface area (Å²) in [6, 6.07) is 6.48. The summed E-state index contributed by atoms with van der Waals surface area (Å²) in [7, 11) is -2.16. The maximum absolute atomic E-state index is 11.7. The Kier molecular flexibility index (Phi) is 5.93. The van der Waals surface area contributed by atoms with Crippen LogP contribution in [0.1, 0.15) is 26.3 Å². The predicted octanol–water partition coefficient (Wildman–Crippen LogP) is 2.96. The van der Waals surface area contributed by atoms with Crippen LogP contribution in [0.2, 0.25) is 0 Å². The molecule has 6 heteroatoms. The second-order valence-electron chi connectivity index (χ2n) is 4.50. The molecule has 1 unspecified atom stereocenters. The van der Waals surface area contributed by atoms with Crippen molar-refractivity contribution in [2.24, 2.45) is 0 Å². The zero-order valence-corrected chi connectivity index (χ0v) is 12.4. The SMILES string of the molecule is Cc1ccc(O[P+](=O)N[C@@H](C)C(=O)OC(C)C)cc1. The number of benzene rings is 1. The quantitative estimate of drug-likeness (QED) is 0.642. The molecule has 0 aliphatic carbocycles. The number of carbonyl (C=O) groups excluding carboxylic acids is 1. The van der Waals surface area contributed by atoms with Crippen LogP contribution in [-0.4, -0.2) is 18.1 Å². The Bertz CT molecular complexity index is 444. The van der Waals surface area contributed by atoms with Crippen LogP contribution >= 0.6 is 8.18 Å². The van der Waals surface area contributed by atoms with Crippen LogP contribution in [0.3, 0.4) is 0 Å². The summed E-state index contributed by atoms with van der Waals surface area (Å²) in [6.45, 7) is 7.04. The zero-order chi connectivity index (χ0) is 14.4. The molecule has 1 rings (SSSR count). The van der Waals surface area contributed by atoms with Crippen LogP contribution in [0.25, 0.3) is 0 Å². The number of carbonyl (C=O) groups is 1. The van der Waals surface area contributed by atoms with Crippen LogP contribution in [0.4, 0.5) is 0 Å². The second kappa shape index (κ2) is 7.22. The van der Waals surface area contributed by atoms with Crippen molar-refractivity contribution in [2.45, 2.75) is 39.8 Å². The van der Waals surface area contributed by atoms with Crippen LogP contribution in [-0.2, 0) is 14.1 Å². The van der Waals surface area contributed by atoms with Gasteiger partial charge in [-0.3, -0.25) is 4.79 Å². The molecule has 104 valence electrons. The molecule has 0 heterocycles. The van der Waals surface area contributed by atoms with E-state index in [1.807, 2.05) is 19.1 Å². The van der Waals surface area contributed by atoms with E-state index in [0.717, 1.165) is 5.56 Å². The number of rotatable bonds is 6. The molecule has 0 amide bonds. The predicted molar refractivity (Wildman–Crippen MR) is 73.2 cm³/mol. The lowest BCUT2D eigenvalue weighted by molar-refractivity contribution is -0.148. The fourth-order valence-corrected chi connectivity index (χ4v) is 2.05. The van der Waals surface area contributed by atoms with E-state index in [0.29, 0.717) is 5.75 Å². The average molecular weight is 284 g/mol. The van der Waals surface area contributed by atoms with Gasteiger partial charge in [0, 0.05) is 4.57 Å². The minimum atomic E-state index is -2.16. The third kappa shape index (κ3) is 5.81. The first kappa shape index (κ1) is 15.6. The summed E-state index contributed by atoms with van der Waals surface area (Å²) in [5.41, 5.74) is 1.09. The highest BCUT2D eigenvalue weighted by atomic mass is 31.1.